The van der Waals surface area contributed by atoms with Crippen molar-refractivity contribution in [2.45, 2.75) is 66.7 Å². The van der Waals surface area contributed by atoms with Gasteiger partial charge in [-0.3, -0.25) is 23.9 Å². The molecule has 2 unspecified atom stereocenters. The molecule has 1 fully saturated rings. The molecule has 1 aromatic rings. The molecule has 0 aromatic carbocycles. The first-order chi connectivity index (χ1) is 16.8. The lowest BCUT2D eigenvalue weighted by Crippen LogP contribution is -2.31. The molecule has 1 saturated heterocycles. The third kappa shape index (κ3) is 10.8. The Morgan fingerprint density at radius 2 is 1.56 bits per heavy atom. The summed E-state index contributed by atoms with van der Waals surface area (Å²) in [6, 6.07) is 1.28. The smallest absolute Gasteiger partial charge is 0.332 e. The molecular formula is C23H37N2O8PS2. The van der Waals surface area contributed by atoms with Gasteiger partial charge in [0.05, 0.1) is 25.9 Å². The predicted molar refractivity (Wildman–Crippen MR) is 143 cm³/mol. The summed E-state index contributed by atoms with van der Waals surface area (Å²) < 4.78 is 24.7. The number of hydrogen-bond donors (Lipinski definition) is 1. The monoisotopic (exact) mass is 564 g/mol. The van der Waals surface area contributed by atoms with E-state index in [9.17, 15) is 19.2 Å². The van der Waals surface area contributed by atoms with E-state index in [0.717, 1.165) is 0 Å². The maximum atomic E-state index is 12.1. The standard InChI is InChI=1S/C23H37N2O8PS2/c1-22(2,3)19(27)35-13-11-30-34(31-12-14-36-20(28)23(4,5)6)32-15-16-7-8-18(33-16)25-10-9-17(26)24-21(25)29/h9-10,16,18H,7-8,11-15H2,1-6H3,(H,24,26,29). The number of ether oxygens (including phenoxy) is 1. The minimum Gasteiger partial charge on any atom is -0.352 e. The molecule has 0 radical (unpaired) electrons. The van der Waals surface area contributed by atoms with Crippen molar-refractivity contribution in [2.75, 3.05) is 31.3 Å². The number of carbonyl (C=O) groups excluding carboxylic acids is 2. The number of aromatic amines is 1. The summed E-state index contributed by atoms with van der Waals surface area (Å²) in [6.07, 6.45) is 1.90. The quantitative estimate of drug-likeness (QED) is 0.293. The highest BCUT2D eigenvalue weighted by Gasteiger charge is 2.29. The van der Waals surface area contributed by atoms with Gasteiger partial charge in [0.15, 0.2) is 10.2 Å². The Morgan fingerprint density at radius 3 is 2.06 bits per heavy atom. The number of hydrogen-bond acceptors (Lipinski definition) is 10. The van der Waals surface area contributed by atoms with Crippen LogP contribution in [0.15, 0.2) is 21.9 Å². The highest BCUT2D eigenvalue weighted by atomic mass is 32.2. The molecule has 1 aliphatic heterocycles. The molecule has 0 saturated carbocycles. The molecule has 1 aliphatic rings. The third-order valence-electron chi connectivity index (χ3n) is 4.86. The number of aromatic nitrogens is 2. The first kappa shape index (κ1) is 31.2. The lowest BCUT2D eigenvalue weighted by Gasteiger charge is -2.20. The minimum atomic E-state index is -1.72. The van der Waals surface area contributed by atoms with E-state index in [2.05, 4.69) is 4.98 Å². The third-order valence-corrected chi connectivity index (χ3v) is 8.50. The van der Waals surface area contributed by atoms with E-state index in [1.165, 1.54) is 40.4 Å². The highest BCUT2D eigenvalue weighted by Crippen LogP contribution is 2.41. The van der Waals surface area contributed by atoms with Gasteiger partial charge in [0.1, 0.15) is 6.23 Å². The van der Waals surface area contributed by atoms with Crippen LogP contribution in [0.2, 0.25) is 0 Å². The van der Waals surface area contributed by atoms with Gasteiger partial charge >= 0.3 is 14.3 Å². The second-order valence-corrected chi connectivity index (χ2v) is 13.6. The van der Waals surface area contributed by atoms with Crippen LogP contribution in [0, 0.1) is 10.8 Å². The summed E-state index contributed by atoms with van der Waals surface area (Å²) in [5.41, 5.74) is -1.83. The van der Waals surface area contributed by atoms with E-state index < -0.39 is 36.9 Å². The maximum Gasteiger partial charge on any atom is 0.332 e. The van der Waals surface area contributed by atoms with E-state index in [1.54, 1.807) is 0 Å². The summed E-state index contributed by atoms with van der Waals surface area (Å²) in [6.45, 7) is 12.0. The van der Waals surface area contributed by atoms with Crippen molar-refractivity contribution in [1.82, 2.24) is 9.55 Å². The lowest BCUT2D eigenvalue weighted by atomic mass is 9.99. The summed E-state index contributed by atoms with van der Waals surface area (Å²) in [4.78, 5) is 49.8. The molecule has 0 aliphatic carbocycles. The fourth-order valence-corrected chi connectivity index (χ4v) is 5.66. The first-order valence-corrected chi connectivity index (χ1v) is 14.8. The number of nitrogens with zero attached hydrogens (tertiary/aromatic N) is 1. The van der Waals surface area contributed by atoms with E-state index in [0.29, 0.717) is 24.3 Å². The van der Waals surface area contributed by atoms with Gasteiger partial charge in [-0.15, -0.1) is 0 Å². The van der Waals surface area contributed by atoms with Gasteiger partial charge in [-0.1, -0.05) is 65.1 Å². The van der Waals surface area contributed by atoms with Crippen LogP contribution in [-0.2, 0) is 27.9 Å². The minimum absolute atomic E-state index is 0.0808. The fourth-order valence-electron chi connectivity index (χ4n) is 2.85. The number of nitrogens with one attached hydrogen (secondary N) is 1. The molecule has 10 nitrogen and oxygen atoms in total. The van der Waals surface area contributed by atoms with Gasteiger partial charge in [-0.05, 0) is 12.8 Å². The molecule has 0 spiro atoms. The normalized spacial score (nSPS) is 18.6. The Labute approximate surface area is 221 Å². The predicted octanol–water partition coefficient (Wildman–Crippen LogP) is 4.10. The van der Waals surface area contributed by atoms with Crippen molar-refractivity contribution >= 4 is 42.4 Å². The average Bonchev–Trinajstić information content (AvgIpc) is 3.24. The van der Waals surface area contributed by atoms with Crippen LogP contribution < -0.4 is 11.2 Å². The van der Waals surface area contributed by atoms with Crippen molar-refractivity contribution < 1.29 is 27.9 Å². The van der Waals surface area contributed by atoms with Crippen LogP contribution in [-0.4, -0.2) is 57.2 Å². The van der Waals surface area contributed by atoms with Crippen LogP contribution in [0.4, 0.5) is 0 Å². The molecule has 1 aromatic heterocycles. The number of H-pyrrole nitrogens is 1. The van der Waals surface area contributed by atoms with Gasteiger partial charge < -0.3 is 18.3 Å². The molecule has 0 amide bonds. The van der Waals surface area contributed by atoms with Crippen LogP contribution >= 0.6 is 32.1 Å². The molecule has 0 bridgehead atoms. The zero-order chi connectivity index (χ0) is 26.9. The number of thioether (sulfide) groups is 2. The summed E-state index contributed by atoms with van der Waals surface area (Å²) in [7, 11) is -1.72. The zero-order valence-electron chi connectivity index (χ0n) is 21.7. The van der Waals surface area contributed by atoms with E-state index in [-0.39, 0.29) is 36.2 Å². The van der Waals surface area contributed by atoms with E-state index in [4.69, 9.17) is 18.3 Å². The summed E-state index contributed by atoms with van der Waals surface area (Å²) in [5, 5.41) is 0.162. The van der Waals surface area contributed by atoms with E-state index >= 15 is 0 Å². The van der Waals surface area contributed by atoms with Crippen LogP contribution in [0.25, 0.3) is 0 Å². The second-order valence-electron chi connectivity index (χ2n) is 10.3. The van der Waals surface area contributed by atoms with Crippen LogP contribution in [0.1, 0.15) is 60.6 Å². The Morgan fingerprint density at radius 1 is 1.00 bits per heavy atom. The molecule has 36 heavy (non-hydrogen) atoms. The second kappa shape index (κ2) is 14.2. The Balaban J connectivity index is 1.84. The molecular weight excluding hydrogens is 527 g/mol. The van der Waals surface area contributed by atoms with E-state index in [1.807, 2.05) is 41.5 Å². The number of rotatable bonds is 12. The van der Waals surface area contributed by atoms with Crippen molar-refractivity contribution in [3.63, 3.8) is 0 Å². The molecule has 2 atom stereocenters. The Hall–Kier alpha value is -1.01. The largest absolute Gasteiger partial charge is 0.352 e. The summed E-state index contributed by atoms with van der Waals surface area (Å²) in [5.74, 6) is 0.937. The van der Waals surface area contributed by atoms with Crippen molar-refractivity contribution in [1.29, 1.82) is 0 Å². The fraction of sp³-hybridized carbons (Fsp3) is 0.739. The molecule has 1 N–H and O–H groups in total. The molecule has 13 heteroatoms. The van der Waals surface area contributed by atoms with Gasteiger partial charge in [0.25, 0.3) is 5.56 Å². The van der Waals surface area contributed by atoms with Crippen molar-refractivity contribution in [2.24, 2.45) is 10.8 Å². The maximum absolute atomic E-state index is 12.1. The van der Waals surface area contributed by atoms with Crippen LogP contribution in [0.5, 0.6) is 0 Å². The average molecular weight is 565 g/mol. The van der Waals surface area contributed by atoms with Gasteiger partial charge in [-0.2, -0.15) is 0 Å². The van der Waals surface area contributed by atoms with Gasteiger partial charge in [0.2, 0.25) is 0 Å². The highest BCUT2D eigenvalue weighted by molar-refractivity contribution is 8.14. The van der Waals surface area contributed by atoms with Gasteiger partial charge in [0, 0.05) is 34.6 Å². The van der Waals surface area contributed by atoms with Crippen molar-refractivity contribution in [3.8, 4) is 0 Å². The topological polar surface area (TPSA) is 126 Å². The molecule has 2 rings (SSSR count). The Kier molecular flexibility index (Phi) is 12.3. The zero-order valence-corrected chi connectivity index (χ0v) is 24.3. The molecule has 204 valence electrons. The van der Waals surface area contributed by atoms with Crippen LogP contribution in [0.3, 0.4) is 0 Å². The lowest BCUT2D eigenvalue weighted by molar-refractivity contribution is -0.118. The van der Waals surface area contributed by atoms with Gasteiger partial charge in [-0.25, -0.2) is 4.79 Å². The number of carbonyl (C=O) groups is 2. The molecule has 2 heterocycles. The first-order valence-electron chi connectivity index (χ1n) is 11.8. The summed E-state index contributed by atoms with van der Waals surface area (Å²) >= 11 is 2.42. The Bertz CT molecular complexity index is 952. The SMILES string of the molecule is CC(C)(C)C(=O)SCCOP(OCCSC(=O)C(C)(C)C)OCC1CCC(n2ccc(=O)[nH]c2=O)O1. The van der Waals surface area contributed by atoms with Crippen molar-refractivity contribution in [3.05, 3.63) is 33.1 Å².